The van der Waals surface area contributed by atoms with Gasteiger partial charge in [0.1, 0.15) is 24.3 Å². The Hall–Kier alpha value is -2.51. The third-order valence-corrected chi connectivity index (χ3v) is 2.01. The summed E-state index contributed by atoms with van der Waals surface area (Å²) in [6.07, 6.45) is 0.838. The Morgan fingerprint density at radius 1 is 1.19 bits per heavy atom. The fourth-order valence-corrected chi connectivity index (χ4v) is 1.26. The van der Waals surface area contributed by atoms with Crippen LogP contribution in [0.4, 0.5) is 5.95 Å². The van der Waals surface area contributed by atoms with E-state index in [0.29, 0.717) is 12.6 Å². The summed E-state index contributed by atoms with van der Waals surface area (Å²) in [4.78, 5) is 44.9. The van der Waals surface area contributed by atoms with Crippen molar-refractivity contribution in [2.75, 3.05) is 5.73 Å². The first-order valence-electron chi connectivity index (χ1n) is 4.31. The number of aromatic amines is 2. The zero-order valence-electron chi connectivity index (χ0n) is 7.93. The Labute approximate surface area is 87.9 Å². The van der Waals surface area contributed by atoms with Gasteiger partial charge in [0.05, 0.1) is 0 Å². The number of imidazole rings is 1. The molecule has 82 valence electrons. The molecule has 8 heteroatoms. The molecule has 0 aliphatic carbocycles. The van der Waals surface area contributed by atoms with Crippen LogP contribution in [0.2, 0.25) is 0 Å². The van der Waals surface area contributed by atoms with E-state index in [9.17, 15) is 14.4 Å². The average Bonchev–Trinajstić information content (AvgIpc) is 2.63. The largest absolute Gasteiger partial charge is 0.369 e. The van der Waals surface area contributed by atoms with Gasteiger partial charge in [-0.1, -0.05) is 0 Å². The van der Waals surface area contributed by atoms with Crippen molar-refractivity contribution in [3.05, 3.63) is 16.2 Å². The summed E-state index contributed by atoms with van der Waals surface area (Å²) in [5, 5.41) is 0. The Kier molecular flexibility index (Phi) is 2.24. The number of hydrogen-bond donors (Lipinski definition) is 3. The van der Waals surface area contributed by atoms with Crippen molar-refractivity contribution < 1.29 is 9.59 Å². The van der Waals surface area contributed by atoms with Crippen molar-refractivity contribution in [3.8, 4) is 0 Å². The molecule has 2 rings (SSSR count). The first-order valence-corrected chi connectivity index (χ1v) is 4.31. The van der Waals surface area contributed by atoms with Gasteiger partial charge in [0.25, 0.3) is 5.56 Å². The summed E-state index contributed by atoms with van der Waals surface area (Å²) >= 11 is 0. The molecule has 0 saturated carbocycles. The quantitative estimate of drug-likeness (QED) is 0.436. The summed E-state index contributed by atoms with van der Waals surface area (Å²) in [5.74, 6) is -1.04. The van der Waals surface area contributed by atoms with Gasteiger partial charge in [0, 0.05) is 0 Å². The van der Waals surface area contributed by atoms with Crippen LogP contribution in [0.25, 0.3) is 11.2 Å². The SMILES string of the molecule is Nc1nc2nc(C(C=O)C=O)[nH]c2c(=O)[nH]1. The van der Waals surface area contributed by atoms with E-state index in [1.165, 1.54) is 0 Å². The molecule has 0 amide bonds. The normalized spacial score (nSPS) is 10.8. The van der Waals surface area contributed by atoms with E-state index in [2.05, 4.69) is 19.9 Å². The molecule has 2 aromatic rings. The van der Waals surface area contributed by atoms with Crippen molar-refractivity contribution in [1.82, 2.24) is 19.9 Å². The Morgan fingerprint density at radius 3 is 2.50 bits per heavy atom. The minimum Gasteiger partial charge on any atom is -0.369 e. The molecule has 0 aliphatic heterocycles. The van der Waals surface area contributed by atoms with Gasteiger partial charge in [0.15, 0.2) is 11.2 Å². The van der Waals surface area contributed by atoms with E-state index in [1.807, 2.05) is 0 Å². The van der Waals surface area contributed by atoms with Crippen LogP contribution in [0, 0.1) is 0 Å². The number of carbonyl (C=O) groups excluding carboxylic acids is 2. The van der Waals surface area contributed by atoms with Crippen molar-refractivity contribution in [2.24, 2.45) is 0 Å². The zero-order valence-corrected chi connectivity index (χ0v) is 7.93. The predicted molar refractivity (Wildman–Crippen MR) is 53.8 cm³/mol. The average molecular weight is 221 g/mol. The van der Waals surface area contributed by atoms with Gasteiger partial charge < -0.3 is 20.3 Å². The maximum Gasteiger partial charge on any atom is 0.278 e. The lowest BCUT2D eigenvalue weighted by Crippen LogP contribution is -2.11. The molecule has 0 atom stereocenters. The van der Waals surface area contributed by atoms with Gasteiger partial charge in [-0.2, -0.15) is 4.98 Å². The third kappa shape index (κ3) is 1.45. The van der Waals surface area contributed by atoms with Gasteiger partial charge in [-0.25, -0.2) is 4.98 Å². The highest BCUT2D eigenvalue weighted by Gasteiger charge is 2.16. The first-order chi connectivity index (χ1) is 7.65. The van der Waals surface area contributed by atoms with Crippen molar-refractivity contribution in [2.45, 2.75) is 5.92 Å². The Bertz CT molecular complexity index is 606. The molecule has 0 aliphatic rings. The third-order valence-electron chi connectivity index (χ3n) is 2.01. The molecular weight excluding hydrogens is 214 g/mol. The second-order valence-corrected chi connectivity index (χ2v) is 3.07. The van der Waals surface area contributed by atoms with E-state index >= 15 is 0 Å². The van der Waals surface area contributed by atoms with Crippen LogP contribution in [-0.4, -0.2) is 32.5 Å². The van der Waals surface area contributed by atoms with E-state index in [4.69, 9.17) is 5.73 Å². The molecule has 0 bridgehead atoms. The van der Waals surface area contributed by atoms with Crippen molar-refractivity contribution in [3.63, 3.8) is 0 Å². The summed E-state index contributed by atoms with van der Waals surface area (Å²) < 4.78 is 0. The monoisotopic (exact) mass is 221 g/mol. The molecular formula is C8H7N5O3. The number of nitrogens with zero attached hydrogens (tertiary/aromatic N) is 2. The number of nitrogens with two attached hydrogens (primary N) is 1. The van der Waals surface area contributed by atoms with E-state index in [-0.39, 0.29) is 22.9 Å². The number of carbonyl (C=O) groups is 2. The maximum atomic E-state index is 11.4. The second kappa shape index (κ2) is 3.57. The lowest BCUT2D eigenvalue weighted by atomic mass is 10.2. The summed E-state index contributed by atoms with van der Waals surface area (Å²) in [6.45, 7) is 0. The molecule has 8 nitrogen and oxygen atoms in total. The molecule has 0 fully saturated rings. The van der Waals surface area contributed by atoms with Crippen LogP contribution in [0.3, 0.4) is 0 Å². The van der Waals surface area contributed by atoms with Crippen LogP contribution in [-0.2, 0) is 9.59 Å². The molecule has 0 saturated heterocycles. The molecule has 0 spiro atoms. The minimum absolute atomic E-state index is 0.0728. The molecule has 0 unspecified atom stereocenters. The molecule has 16 heavy (non-hydrogen) atoms. The molecule has 2 heterocycles. The first kappa shape index (κ1) is 10.0. The Balaban J connectivity index is 2.68. The Morgan fingerprint density at radius 2 is 1.88 bits per heavy atom. The highest BCUT2D eigenvalue weighted by Crippen LogP contribution is 2.10. The summed E-state index contributed by atoms with van der Waals surface area (Å²) in [7, 11) is 0. The number of aromatic nitrogens is 4. The molecule has 0 radical (unpaired) electrons. The number of aldehydes is 2. The number of nitrogen functional groups attached to an aromatic ring is 1. The topological polar surface area (TPSA) is 135 Å². The van der Waals surface area contributed by atoms with Crippen LogP contribution in [0.15, 0.2) is 4.79 Å². The fourth-order valence-electron chi connectivity index (χ4n) is 1.26. The predicted octanol–water partition coefficient (Wildman–Crippen LogP) is -1.29. The van der Waals surface area contributed by atoms with Crippen LogP contribution in [0.1, 0.15) is 11.7 Å². The zero-order chi connectivity index (χ0) is 11.7. The smallest absolute Gasteiger partial charge is 0.278 e. The van der Waals surface area contributed by atoms with Crippen molar-refractivity contribution >= 4 is 29.7 Å². The van der Waals surface area contributed by atoms with Crippen LogP contribution >= 0.6 is 0 Å². The highest BCUT2D eigenvalue weighted by molar-refractivity contribution is 5.85. The van der Waals surface area contributed by atoms with Crippen LogP contribution in [0.5, 0.6) is 0 Å². The second-order valence-electron chi connectivity index (χ2n) is 3.07. The number of anilines is 1. The standard InChI is InChI=1S/C8H7N5O3/c9-8-12-6-4(7(16)13-8)10-5(11-6)3(1-14)2-15/h1-3H,(H4,9,10,11,12,13,16). The maximum absolute atomic E-state index is 11.4. The number of H-pyrrole nitrogens is 2. The number of fused-ring (bicyclic) bond motifs is 1. The minimum atomic E-state index is -1.03. The van der Waals surface area contributed by atoms with Gasteiger partial charge >= 0.3 is 0 Å². The summed E-state index contributed by atoms with van der Waals surface area (Å²) in [5.41, 5.74) is 4.97. The lowest BCUT2D eigenvalue weighted by molar-refractivity contribution is -0.116. The van der Waals surface area contributed by atoms with Crippen LogP contribution < -0.4 is 11.3 Å². The summed E-state index contributed by atoms with van der Waals surface area (Å²) in [6, 6.07) is 0. The van der Waals surface area contributed by atoms with Crippen molar-refractivity contribution in [1.29, 1.82) is 0 Å². The van der Waals surface area contributed by atoms with Gasteiger partial charge in [-0.05, 0) is 0 Å². The molecule has 4 N–H and O–H groups in total. The molecule has 2 aromatic heterocycles. The fraction of sp³-hybridized carbons (Fsp3) is 0.125. The van der Waals surface area contributed by atoms with Gasteiger partial charge in [0.2, 0.25) is 5.95 Å². The number of nitrogens with one attached hydrogen (secondary N) is 2. The van der Waals surface area contributed by atoms with E-state index < -0.39 is 11.5 Å². The van der Waals surface area contributed by atoms with Gasteiger partial charge in [-0.15, -0.1) is 0 Å². The molecule has 0 aromatic carbocycles. The highest BCUT2D eigenvalue weighted by atomic mass is 16.1. The number of rotatable bonds is 3. The lowest BCUT2D eigenvalue weighted by Gasteiger charge is -1.93. The van der Waals surface area contributed by atoms with E-state index in [1.54, 1.807) is 0 Å². The number of hydrogen-bond acceptors (Lipinski definition) is 6. The van der Waals surface area contributed by atoms with E-state index in [0.717, 1.165) is 0 Å². The van der Waals surface area contributed by atoms with Gasteiger partial charge in [-0.3, -0.25) is 9.78 Å².